The number of hydrogen-bond donors (Lipinski definition) is 2. The number of H-pyrrole nitrogens is 1. The Morgan fingerprint density at radius 3 is 2.63 bits per heavy atom. The molecule has 2 N–H and O–H groups in total. The van der Waals surface area contributed by atoms with Gasteiger partial charge in [-0.25, -0.2) is 8.78 Å². The van der Waals surface area contributed by atoms with Crippen molar-refractivity contribution in [2.45, 2.75) is 25.8 Å². The summed E-state index contributed by atoms with van der Waals surface area (Å²) in [4.78, 5) is 30.4. The number of alkyl halides is 2. The number of carbonyl (C=O) groups excluding carboxylic acids is 1. The van der Waals surface area contributed by atoms with Gasteiger partial charge in [0.1, 0.15) is 17.7 Å². The van der Waals surface area contributed by atoms with Gasteiger partial charge in [0, 0.05) is 17.1 Å². The molecule has 1 aromatic carbocycles. The minimum atomic E-state index is -4.30. The maximum Gasteiger partial charge on any atom is 0.355 e. The van der Waals surface area contributed by atoms with Crippen molar-refractivity contribution < 1.29 is 22.4 Å². The molecule has 0 aliphatic carbocycles. The highest BCUT2D eigenvalue weighted by Crippen LogP contribution is 2.32. The van der Waals surface area contributed by atoms with E-state index < -0.39 is 40.6 Å². The van der Waals surface area contributed by atoms with Crippen LogP contribution in [-0.2, 0) is 10.7 Å². The first-order valence-corrected chi connectivity index (χ1v) is 8.63. The summed E-state index contributed by atoms with van der Waals surface area (Å²) in [5.41, 5.74) is -2.91. The van der Waals surface area contributed by atoms with Crippen molar-refractivity contribution in [2.75, 3.05) is 0 Å². The number of hydrogen-bond acceptors (Lipinski definition) is 4. The highest BCUT2D eigenvalue weighted by molar-refractivity contribution is 5.89. The van der Waals surface area contributed by atoms with Crippen LogP contribution in [0.1, 0.15) is 35.3 Å². The molecule has 0 saturated carbocycles. The second-order valence-corrected chi connectivity index (χ2v) is 6.62. The zero-order valence-electron chi connectivity index (χ0n) is 15.7. The second kappa shape index (κ2) is 7.59. The first-order chi connectivity index (χ1) is 14.1. The van der Waals surface area contributed by atoms with Gasteiger partial charge >= 0.3 is 5.92 Å². The van der Waals surface area contributed by atoms with Crippen LogP contribution in [0.25, 0.3) is 10.9 Å². The third-order valence-electron chi connectivity index (χ3n) is 4.59. The predicted octanol–water partition coefficient (Wildman–Crippen LogP) is 3.35. The maximum atomic E-state index is 14.9. The van der Waals surface area contributed by atoms with Crippen molar-refractivity contribution >= 4 is 16.8 Å². The van der Waals surface area contributed by atoms with E-state index in [2.05, 4.69) is 9.97 Å². The molecule has 0 fully saturated rings. The molecule has 0 spiro atoms. The van der Waals surface area contributed by atoms with Crippen molar-refractivity contribution in [3.8, 4) is 6.07 Å². The number of aromatic nitrogens is 2. The zero-order valence-corrected chi connectivity index (χ0v) is 15.7. The van der Waals surface area contributed by atoms with Gasteiger partial charge in [0.15, 0.2) is 0 Å². The molecular formula is C20H14F4N4O2. The number of nitriles is 1. The fraction of sp³-hybridized carbons (Fsp3) is 0.200. The molecular weight excluding hydrogens is 404 g/mol. The van der Waals surface area contributed by atoms with Crippen LogP contribution in [-0.4, -0.2) is 15.9 Å². The largest absolute Gasteiger partial charge is 0.355 e. The van der Waals surface area contributed by atoms with Crippen LogP contribution < -0.4 is 10.9 Å². The number of rotatable bonds is 4. The predicted molar refractivity (Wildman–Crippen MR) is 98.6 cm³/mol. The Bertz CT molecular complexity index is 1260. The molecule has 0 saturated heterocycles. The van der Waals surface area contributed by atoms with E-state index in [-0.39, 0.29) is 27.7 Å². The summed E-state index contributed by atoms with van der Waals surface area (Å²) >= 11 is 0. The van der Waals surface area contributed by atoms with Gasteiger partial charge in [-0.2, -0.15) is 14.0 Å². The van der Waals surface area contributed by atoms with Gasteiger partial charge in [-0.15, -0.1) is 0 Å². The minimum Gasteiger partial charge on any atom is -0.342 e. The Morgan fingerprint density at radius 2 is 2.00 bits per heavy atom. The number of benzene rings is 1. The molecule has 0 unspecified atom stereocenters. The number of amides is 1. The summed E-state index contributed by atoms with van der Waals surface area (Å²) < 4.78 is 57.4. The molecule has 2 aromatic heterocycles. The monoisotopic (exact) mass is 418 g/mol. The number of carbonyl (C=O) groups is 1. The van der Waals surface area contributed by atoms with Gasteiger partial charge in [-0.05, 0) is 43.7 Å². The molecule has 3 rings (SSSR count). The minimum absolute atomic E-state index is 0.0185. The van der Waals surface area contributed by atoms with Crippen molar-refractivity contribution in [3.63, 3.8) is 0 Å². The van der Waals surface area contributed by atoms with Crippen LogP contribution in [0.15, 0.2) is 35.3 Å². The molecule has 10 heteroatoms. The zero-order chi connectivity index (χ0) is 22.2. The van der Waals surface area contributed by atoms with E-state index in [9.17, 15) is 27.2 Å². The van der Waals surface area contributed by atoms with Gasteiger partial charge in [0.2, 0.25) is 0 Å². The molecule has 1 amide bonds. The van der Waals surface area contributed by atoms with Crippen LogP contribution in [0.3, 0.4) is 0 Å². The van der Waals surface area contributed by atoms with Gasteiger partial charge in [-0.3, -0.25) is 14.6 Å². The lowest BCUT2D eigenvalue weighted by molar-refractivity contribution is -0.148. The van der Waals surface area contributed by atoms with E-state index in [1.54, 1.807) is 6.07 Å². The normalized spacial score (nSPS) is 12.4. The van der Waals surface area contributed by atoms with E-state index >= 15 is 0 Å². The summed E-state index contributed by atoms with van der Waals surface area (Å²) in [6.45, 7) is 2.40. The lowest BCUT2D eigenvalue weighted by Crippen LogP contribution is -2.43. The molecule has 0 aliphatic rings. The molecule has 1 atom stereocenters. The highest BCUT2D eigenvalue weighted by Gasteiger charge is 2.45. The van der Waals surface area contributed by atoms with Crippen molar-refractivity contribution in [1.29, 1.82) is 5.26 Å². The smallest absolute Gasteiger partial charge is 0.342 e. The van der Waals surface area contributed by atoms with E-state index in [1.807, 2.05) is 5.32 Å². The Labute approximate surface area is 167 Å². The fourth-order valence-electron chi connectivity index (χ4n) is 3.10. The van der Waals surface area contributed by atoms with E-state index in [4.69, 9.17) is 5.26 Å². The average Bonchev–Trinajstić information content (AvgIpc) is 2.68. The molecule has 0 bridgehead atoms. The van der Waals surface area contributed by atoms with E-state index in [1.165, 1.54) is 19.9 Å². The quantitative estimate of drug-likeness (QED) is 0.635. The van der Waals surface area contributed by atoms with Crippen molar-refractivity contribution in [1.82, 2.24) is 15.3 Å². The Kier molecular flexibility index (Phi) is 5.31. The van der Waals surface area contributed by atoms with E-state index in [0.717, 1.165) is 24.4 Å². The third kappa shape index (κ3) is 3.61. The van der Waals surface area contributed by atoms with Gasteiger partial charge in [0.25, 0.3) is 11.5 Å². The fourth-order valence-corrected chi connectivity index (χ4v) is 3.10. The lowest BCUT2D eigenvalue weighted by atomic mass is 9.99. The Morgan fingerprint density at radius 1 is 1.30 bits per heavy atom. The topological polar surface area (TPSA) is 98.6 Å². The number of nitrogens with one attached hydrogen (secondary N) is 2. The molecule has 30 heavy (non-hydrogen) atoms. The average molecular weight is 418 g/mol. The van der Waals surface area contributed by atoms with Crippen molar-refractivity contribution in [3.05, 3.63) is 74.8 Å². The molecule has 0 radical (unpaired) electrons. The number of nitrogens with zero attached hydrogens (tertiary/aromatic N) is 2. The third-order valence-corrected chi connectivity index (χ3v) is 4.59. The lowest BCUT2D eigenvalue weighted by Gasteiger charge is -2.21. The van der Waals surface area contributed by atoms with Gasteiger partial charge in [-0.1, -0.05) is 0 Å². The van der Waals surface area contributed by atoms with E-state index in [0.29, 0.717) is 0 Å². The SMILES string of the molecule is Cc1c(C(F)(F)C(=O)N[C@H](C)c2ncc(C#N)cc2F)c(=O)[nH]c2ccc(F)cc12. The number of fused-ring (bicyclic) bond motifs is 1. The molecule has 154 valence electrons. The molecule has 6 nitrogen and oxygen atoms in total. The highest BCUT2D eigenvalue weighted by atomic mass is 19.3. The number of halogens is 4. The van der Waals surface area contributed by atoms with Gasteiger partial charge < -0.3 is 10.3 Å². The number of aromatic amines is 1. The Hall–Kier alpha value is -3.74. The van der Waals surface area contributed by atoms with Crippen LogP contribution in [0, 0.1) is 29.9 Å². The van der Waals surface area contributed by atoms with Crippen molar-refractivity contribution in [2.24, 2.45) is 0 Å². The van der Waals surface area contributed by atoms with Crippen LogP contribution in [0.4, 0.5) is 17.6 Å². The Balaban J connectivity index is 1.98. The number of pyridine rings is 2. The summed E-state index contributed by atoms with van der Waals surface area (Å²) in [5.74, 6) is -7.81. The summed E-state index contributed by atoms with van der Waals surface area (Å²) in [7, 11) is 0. The molecule has 2 heterocycles. The van der Waals surface area contributed by atoms with Crippen LogP contribution in [0.5, 0.6) is 0 Å². The van der Waals surface area contributed by atoms with Gasteiger partial charge in [0.05, 0.1) is 22.9 Å². The maximum absolute atomic E-state index is 14.9. The first kappa shape index (κ1) is 21.0. The second-order valence-electron chi connectivity index (χ2n) is 6.62. The van der Waals surface area contributed by atoms with Crippen LogP contribution in [0.2, 0.25) is 0 Å². The van der Waals surface area contributed by atoms with Crippen LogP contribution >= 0.6 is 0 Å². The number of aryl methyl sites for hydroxylation is 1. The summed E-state index contributed by atoms with van der Waals surface area (Å²) in [6.07, 6.45) is 1.03. The molecule has 3 aromatic rings. The first-order valence-electron chi connectivity index (χ1n) is 8.63. The summed E-state index contributed by atoms with van der Waals surface area (Å²) in [6, 6.07) is 4.50. The summed E-state index contributed by atoms with van der Waals surface area (Å²) in [5, 5.41) is 10.7. The standard InChI is InChI=1S/C20H14F4N4O2/c1-9-13-6-12(21)3-4-15(13)28-18(29)16(9)20(23,24)19(30)27-10(2)17-14(22)5-11(7-25)8-26-17/h3-6,8,10H,1-2H3,(H,27,30)(H,28,29)/t10-/m1/s1. The molecule has 0 aliphatic heterocycles.